The zero-order valence-corrected chi connectivity index (χ0v) is 41.9. The molecule has 1 atom stereocenters. The highest BCUT2D eigenvalue weighted by molar-refractivity contribution is 6.13. The van der Waals surface area contributed by atoms with E-state index in [1.165, 1.54) is 5.56 Å². The SMILES string of the molecule is CC1C=C(n2c3c(c4cc(-c5ccc6oc7c(-n8c9ccc(-c%10ccccc%10-c%10ccccn%10)cc9c9ncccc98)cccc7c6c5)ccc42)NCC=C3)c2oc3ccc(-c4ccccc4-c4ccccn4)cc3c2C1. The first-order valence-electron chi connectivity index (χ1n) is 26.3. The highest BCUT2D eigenvalue weighted by Crippen LogP contribution is 2.47. The van der Waals surface area contributed by atoms with Crippen LogP contribution in [0.3, 0.4) is 0 Å². The van der Waals surface area contributed by atoms with Crippen molar-refractivity contribution in [1.29, 1.82) is 0 Å². The molecule has 0 radical (unpaired) electrons. The molecule has 1 aliphatic heterocycles. The number of allylic oxidation sites excluding steroid dienone is 1. The van der Waals surface area contributed by atoms with Gasteiger partial charge in [0.05, 0.1) is 56.2 Å². The molecule has 8 nitrogen and oxygen atoms in total. The van der Waals surface area contributed by atoms with E-state index in [-0.39, 0.29) is 0 Å². The standard InChI is InChI=1S/C69H46N6O2/c1-41-35-53-52-39-45(47-14-3-5-16-49(47)57-19-7-9-32-71-57)26-30-65(52)77-69(53)63(36-41)75-59-27-23-42(38-54(59)66-61(75)22-12-34-72-66)43-25-29-64-51(37-43)50-17-10-20-62(68(50)76-64)74-58-28-24-44(40-55(58)67-60(74)21-11-33-73-67)46-13-2-4-15-48(46)56-18-6-8-31-70-56/h2-33,36-41,72H,34-35H2,1H3. The van der Waals surface area contributed by atoms with E-state index in [4.69, 9.17) is 23.8 Å². The molecule has 8 heteroatoms. The smallest absolute Gasteiger partial charge is 0.159 e. The molecule has 0 amide bonds. The molecule has 77 heavy (non-hydrogen) atoms. The predicted octanol–water partition coefficient (Wildman–Crippen LogP) is 17.4. The summed E-state index contributed by atoms with van der Waals surface area (Å²) >= 11 is 0. The number of pyridine rings is 3. The van der Waals surface area contributed by atoms with E-state index in [1.807, 2.05) is 48.9 Å². The van der Waals surface area contributed by atoms with Crippen molar-refractivity contribution in [2.24, 2.45) is 5.92 Å². The molecular formula is C69H46N6O2. The number of nitrogens with one attached hydrogen (secondary N) is 1. The molecule has 1 aliphatic carbocycles. The van der Waals surface area contributed by atoms with Crippen LogP contribution < -0.4 is 5.32 Å². The fourth-order valence-electron chi connectivity index (χ4n) is 12.4. The van der Waals surface area contributed by atoms with Crippen LogP contribution in [0.15, 0.2) is 228 Å². The minimum absolute atomic E-state index is 0.290. The molecule has 0 saturated heterocycles. The Labute approximate surface area is 442 Å². The Morgan fingerprint density at radius 2 is 1.12 bits per heavy atom. The minimum atomic E-state index is 0.290. The Morgan fingerprint density at radius 1 is 0.494 bits per heavy atom. The molecular weight excluding hydrogens is 945 g/mol. The van der Waals surface area contributed by atoms with Gasteiger partial charge in [0.1, 0.15) is 11.2 Å². The van der Waals surface area contributed by atoms with Gasteiger partial charge in [0.25, 0.3) is 0 Å². The average molecular weight is 991 g/mol. The fourth-order valence-corrected chi connectivity index (χ4v) is 12.4. The van der Waals surface area contributed by atoms with Crippen LogP contribution in [0.2, 0.25) is 0 Å². The van der Waals surface area contributed by atoms with Crippen LogP contribution in [0.1, 0.15) is 23.9 Å². The van der Waals surface area contributed by atoms with Gasteiger partial charge in [-0.25, -0.2) is 0 Å². The molecule has 2 aliphatic rings. The normalized spacial score (nSPS) is 14.2. The Bertz CT molecular complexity index is 4800. The van der Waals surface area contributed by atoms with Crippen LogP contribution in [0, 0.1) is 5.92 Å². The van der Waals surface area contributed by atoms with E-state index in [0.717, 1.165) is 163 Å². The molecule has 364 valence electrons. The molecule has 8 heterocycles. The maximum Gasteiger partial charge on any atom is 0.159 e. The summed E-state index contributed by atoms with van der Waals surface area (Å²) < 4.78 is 18.5. The Balaban J connectivity index is 0.787. The van der Waals surface area contributed by atoms with E-state index in [0.29, 0.717) is 5.92 Å². The lowest BCUT2D eigenvalue weighted by Crippen LogP contribution is -2.12. The number of hydrogen-bond acceptors (Lipinski definition) is 6. The van der Waals surface area contributed by atoms with Gasteiger partial charge in [-0.1, -0.05) is 116 Å². The summed E-state index contributed by atoms with van der Waals surface area (Å²) in [7, 11) is 0. The number of furan rings is 2. The van der Waals surface area contributed by atoms with E-state index in [9.17, 15) is 0 Å². The van der Waals surface area contributed by atoms with Gasteiger partial charge in [-0.05, 0) is 143 Å². The van der Waals surface area contributed by atoms with E-state index in [1.54, 1.807) is 0 Å². The molecule has 0 spiro atoms. The van der Waals surface area contributed by atoms with Crippen molar-refractivity contribution in [2.45, 2.75) is 13.3 Å². The molecule has 7 aromatic heterocycles. The Hall–Kier alpha value is -10.1. The second-order valence-electron chi connectivity index (χ2n) is 20.4. The van der Waals surface area contributed by atoms with Crippen LogP contribution in [0.5, 0.6) is 0 Å². The second kappa shape index (κ2) is 17.0. The molecule has 7 aromatic carbocycles. The van der Waals surface area contributed by atoms with Crippen molar-refractivity contribution in [3.63, 3.8) is 0 Å². The number of rotatable bonds is 7. The van der Waals surface area contributed by atoms with Crippen molar-refractivity contribution in [1.82, 2.24) is 24.1 Å². The van der Waals surface area contributed by atoms with Crippen molar-refractivity contribution in [3.8, 4) is 61.6 Å². The molecule has 1 unspecified atom stereocenters. The monoisotopic (exact) mass is 990 g/mol. The number of hydrogen-bond donors (Lipinski definition) is 1. The third-order valence-electron chi connectivity index (χ3n) is 15.8. The van der Waals surface area contributed by atoms with Gasteiger partial charge < -0.3 is 23.3 Å². The van der Waals surface area contributed by atoms with Gasteiger partial charge in [-0.15, -0.1) is 0 Å². The molecule has 0 bridgehead atoms. The maximum absolute atomic E-state index is 6.93. The molecule has 0 fully saturated rings. The average Bonchev–Trinajstić information content (AvgIpc) is 4.43. The highest BCUT2D eigenvalue weighted by atomic mass is 16.3. The maximum atomic E-state index is 6.93. The predicted molar refractivity (Wildman–Crippen MR) is 314 cm³/mol. The van der Waals surface area contributed by atoms with Gasteiger partial charge in [0.2, 0.25) is 0 Å². The third-order valence-corrected chi connectivity index (χ3v) is 15.8. The van der Waals surface area contributed by atoms with Crippen molar-refractivity contribution in [2.75, 3.05) is 11.9 Å². The summed E-state index contributed by atoms with van der Waals surface area (Å²) in [5.41, 5.74) is 23.1. The number of fused-ring (bicyclic) bond motifs is 12. The highest BCUT2D eigenvalue weighted by Gasteiger charge is 2.30. The Kier molecular flexibility index (Phi) is 9.57. The minimum Gasteiger partial charge on any atom is -0.454 e. The molecule has 14 aromatic rings. The first kappa shape index (κ1) is 43.4. The summed E-state index contributed by atoms with van der Waals surface area (Å²) in [4.78, 5) is 14.4. The van der Waals surface area contributed by atoms with E-state index in [2.05, 4.69) is 197 Å². The van der Waals surface area contributed by atoms with Crippen LogP contribution in [0.4, 0.5) is 5.69 Å². The zero-order chi connectivity index (χ0) is 50.7. The topological polar surface area (TPSA) is 86.8 Å². The summed E-state index contributed by atoms with van der Waals surface area (Å²) in [5.74, 6) is 1.22. The number of aromatic nitrogens is 5. The van der Waals surface area contributed by atoms with Crippen LogP contribution in [0.25, 0.3) is 139 Å². The summed E-state index contributed by atoms with van der Waals surface area (Å²) in [6.45, 7) is 3.06. The van der Waals surface area contributed by atoms with Crippen molar-refractivity contribution < 1.29 is 8.83 Å². The summed E-state index contributed by atoms with van der Waals surface area (Å²) in [5, 5.41) is 9.28. The lowest BCUT2D eigenvalue weighted by molar-refractivity contribution is 0.571. The lowest BCUT2D eigenvalue weighted by Gasteiger charge is -2.21. The van der Waals surface area contributed by atoms with Crippen LogP contribution >= 0.6 is 0 Å². The number of benzene rings is 7. The van der Waals surface area contributed by atoms with Gasteiger partial charge in [0, 0.05) is 68.8 Å². The molecule has 16 rings (SSSR count). The molecule has 0 saturated carbocycles. The summed E-state index contributed by atoms with van der Waals surface area (Å²) in [6.07, 6.45) is 13.3. The quantitative estimate of drug-likeness (QED) is 0.171. The zero-order valence-electron chi connectivity index (χ0n) is 41.9. The van der Waals surface area contributed by atoms with Gasteiger partial charge in [0.15, 0.2) is 11.3 Å². The Morgan fingerprint density at radius 3 is 1.86 bits per heavy atom. The number of anilines is 1. The second-order valence-corrected chi connectivity index (χ2v) is 20.4. The van der Waals surface area contributed by atoms with E-state index >= 15 is 0 Å². The summed E-state index contributed by atoms with van der Waals surface area (Å²) in [6, 6.07) is 66.6. The van der Waals surface area contributed by atoms with Crippen LogP contribution in [-0.4, -0.2) is 30.6 Å². The number of nitrogens with zero attached hydrogens (tertiary/aromatic N) is 5. The van der Waals surface area contributed by atoms with Crippen molar-refractivity contribution in [3.05, 3.63) is 236 Å². The van der Waals surface area contributed by atoms with Gasteiger partial charge >= 0.3 is 0 Å². The first-order valence-corrected chi connectivity index (χ1v) is 26.3. The van der Waals surface area contributed by atoms with Crippen molar-refractivity contribution >= 4 is 83.2 Å². The third kappa shape index (κ3) is 6.75. The fraction of sp³-hybridized carbons (Fsp3) is 0.0580. The lowest BCUT2D eigenvalue weighted by atomic mass is 9.90. The van der Waals surface area contributed by atoms with Gasteiger partial charge in [-0.3, -0.25) is 15.0 Å². The van der Waals surface area contributed by atoms with E-state index < -0.39 is 0 Å². The van der Waals surface area contributed by atoms with Gasteiger partial charge in [-0.2, -0.15) is 0 Å². The largest absolute Gasteiger partial charge is 0.454 e. The first-order chi connectivity index (χ1) is 38.1. The molecule has 1 N–H and O–H groups in total. The number of para-hydroxylation sites is 1. The van der Waals surface area contributed by atoms with Crippen LogP contribution in [-0.2, 0) is 6.42 Å².